The number of cyclic esters (lactones) is 2. The number of rotatable bonds is 2. The first-order chi connectivity index (χ1) is 8.97. The molecule has 0 radical (unpaired) electrons. The Labute approximate surface area is 110 Å². The standard InChI is InChI=1S/C13H16O6/c1-7(14)18-11(15)6-8-3-2-4-9-5-10(8)13(17)19-12(9)16/h8-10H,2-6H2,1H3. The third-order valence-electron chi connectivity index (χ3n) is 3.76. The maximum absolute atomic E-state index is 11.7. The van der Waals surface area contributed by atoms with E-state index in [1.165, 1.54) is 0 Å². The first-order valence-corrected chi connectivity index (χ1v) is 6.44. The van der Waals surface area contributed by atoms with E-state index in [4.69, 9.17) is 4.74 Å². The minimum atomic E-state index is -0.655. The van der Waals surface area contributed by atoms with Crippen LogP contribution in [0.1, 0.15) is 39.0 Å². The molecule has 0 spiro atoms. The first-order valence-electron chi connectivity index (χ1n) is 6.44. The number of ether oxygens (including phenoxy) is 2. The third kappa shape index (κ3) is 3.19. The number of hydrogen-bond acceptors (Lipinski definition) is 6. The van der Waals surface area contributed by atoms with E-state index < -0.39 is 29.8 Å². The smallest absolute Gasteiger partial charge is 0.316 e. The lowest BCUT2D eigenvalue weighted by Crippen LogP contribution is -2.37. The highest BCUT2D eigenvalue weighted by Crippen LogP contribution is 2.38. The predicted molar refractivity (Wildman–Crippen MR) is 61.4 cm³/mol. The molecule has 0 aromatic heterocycles. The molecule has 19 heavy (non-hydrogen) atoms. The van der Waals surface area contributed by atoms with Crippen LogP contribution in [0, 0.1) is 17.8 Å². The fourth-order valence-corrected chi connectivity index (χ4v) is 2.87. The maximum Gasteiger partial charge on any atom is 0.316 e. The van der Waals surface area contributed by atoms with Crippen molar-refractivity contribution in [2.24, 2.45) is 17.8 Å². The molecule has 0 N–H and O–H groups in total. The number of carbonyl (C=O) groups is 4. The Kier molecular flexibility index (Phi) is 3.97. The van der Waals surface area contributed by atoms with Crippen molar-refractivity contribution in [3.05, 3.63) is 0 Å². The van der Waals surface area contributed by atoms with Gasteiger partial charge in [-0.2, -0.15) is 0 Å². The normalized spacial score (nSPS) is 30.3. The molecule has 1 saturated carbocycles. The van der Waals surface area contributed by atoms with Gasteiger partial charge in [0.15, 0.2) is 0 Å². The van der Waals surface area contributed by atoms with Gasteiger partial charge in [0.1, 0.15) is 0 Å². The summed E-state index contributed by atoms with van der Waals surface area (Å²) >= 11 is 0. The fourth-order valence-electron chi connectivity index (χ4n) is 2.87. The average molecular weight is 268 g/mol. The van der Waals surface area contributed by atoms with Gasteiger partial charge in [0.25, 0.3) is 0 Å². The molecular weight excluding hydrogens is 252 g/mol. The highest BCUT2D eigenvalue weighted by atomic mass is 16.6. The van der Waals surface area contributed by atoms with Crippen molar-refractivity contribution in [2.45, 2.75) is 39.0 Å². The molecule has 3 atom stereocenters. The van der Waals surface area contributed by atoms with Crippen LogP contribution in [0.15, 0.2) is 0 Å². The first kappa shape index (κ1) is 13.7. The molecular formula is C13H16O6. The molecule has 2 bridgehead atoms. The Bertz CT molecular complexity index is 427. The minimum absolute atomic E-state index is 0.0141. The molecule has 1 aliphatic heterocycles. The summed E-state index contributed by atoms with van der Waals surface area (Å²) in [5.41, 5.74) is 0. The molecule has 1 aliphatic carbocycles. The molecule has 104 valence electrons. The second-order valence-electron chi connectivity index (χ2n) is 5.14. The lowest BCUT2D eigenvalue weighted by atomic mass is 9.82. The number of carbonyl (C=O) groups excluding carboxylic acids is 4. The van der Waals surface area contributed by atoms with Gasteiger partial charge in [0.05, 0.1) is 11.8 Å². The second-order valence-corrected chi connectivity index (χ2v) is 5.14. The zero-order valence-corrected chi connectivity index (χ0v) is 10.7. The summed E-state index contributed by atoms with van der Waals surface area (Å²) in [6.45, 7) is 1.16. The summed E-state index contributed by atoms with van der Waals surface area (Å²) in [5.74, 6) is -3.17. The van der Waals surface area contributed by atoms with Crippen LogP contribution in [0.3, 0.4) is 0 Å². The molecule has 1 saturated heterocycles. The molecule has 0 aromatic rings. The van der Waals surface area contributed by atoms with Crippen LogP contribution in [0.25, 0.3) is 0 Å². The highest BCUT2D eigenvalue weighted by molar-refractivity contribution is 5.91. The van der Waals surface area contributed by atoms with Gasteiger partial charge in [-0.05, 0) is 25.2 Å². The van der Waals surface area contributed by atoms with Gasteiger partial charge >= 0.3 is 23.9 Å². The van der Waals surface area contributed by atoms with Gasteiger partial charge in [-0.25, -0.2) is 0 Å². The van der Waals surface area contributed by atoms with E-state index in [9.17, 15) is 19.2 Å². The zero-order chi connectivity index (χ0) is 14.0. The van der Waals surface area contributed by atoms with Crippen LogP contribution < -0.4 is 0 Å². The van der Waals surface area contributed by atoms with E-state index in [1.54, 1.807) is 0 Å². The van der Waals surface area contributed by atoms with Gasteiger partial charge in [0.2, 0.25) is 0 Å². The van der Waals surface area contributed by atoms with E-state index in [0.29, 0.717) is 19.3 Å². The van der Waals surface area contributed by atoms with Crippen LogP contribution in [0.5, 0.6) is 0 Å². The topological polar surface area (TPSA) is 86.7 Å². The summed E-state index contributed by atoms with van der Waals surface area (Å²) < 4.78 is 9.22. The van der Waals surface area contributed by atoms with Crippen LogP contribution in [0.4, 0.5) is 0 Å². The van der Waals surface area contributed by atoms with E-state index in [-0.39, 0.29) is 18.3 Å². The minimum Gasteiger partial charge on any atom is -0.393 e. The van der Waals surface area contributed by atoms with Crippen molar-refractivity contribution in [1.29, 1.82) is 0 Å². The van der Waals surface area contributed by atoms with Crippen LogP contribution >= 0.6 is 0 Å². The van der Waals surface area contributed by atoms with Gasteiger partial charge in [-0.1, -0.05) is 6.42 Å². The number of fused-ring (bicyclic) bond motifs is 2. The molecule has 6 heteroatoms. The fraction of sp³-hybridized carbons (Fsp3) is 0.692. The number of hydrogen-bond donors (Lipinski definition) is 0. The second kappa shape index (κ2) is 5.50. The Morgan fingerprint density at radius 2 is 2.00 bits per heavy atom. The third-order valence-corrected chi connectivity index (χ3v) is 3.76. The van der Waals surface area contributed by atoms with Crippen molar-refractivity contribution in [1.82, 2.24) is 0 Å². The Morgan fingerprint density at radius 3 is 2.68 bits per heavy atom. The van der Waals surface area contributed by atoms with E-state index >= 15 is 0 Å². The zero-order valence-electron chi connectivity index (χ0n) is 10.7. The van der Waals surface area contributed by atoms with Gasteiger partial charge in [0, 0.05) is 13.3 Å². The Hall–Kier alpha value is -1.72. The molecule has 6 nitrogen and oxygen atoms in total. The van der Waals surface area contributed by atoms with Gasteiger partial charge < -0.3 is 9.47 Å². The molecule has 1 heterocycles. The van der Waals surface area contributed by atoms with Crippen LogP contribution in [0.2, 0.25) is 0 Å². The largest absolute Gasteiger partial charge is 0.393 e. The number of esters is 4. The summed E-state index contributed by atoms with van der Waals surface area (Å²) in [5, 5.41) is 0. The van der Waals surface area contributed by atoms with E-state index in [2.05, 4.69) is 4.74 Å². The van der Waals surface area contributed by atoms with Crippen molar-refractivity contribution in [3.63, 3.8) is 0 Å². The summed E-state index contributed by atoms with van der Waals surface area (Å²) in [4.78, 5) is 45.4. The molecule has 2 rings (SSSR count). The van der Waals surface area contributed by atoms with Gasteiger partial charge in [-0.3, -0.25) is 19.2 Å². The van der Waals surface area contributed by atoms with Crippen molar-refractivity contribution in [3.8, 4) is 0 Å². The summed E-state index contributed by atoms with van der Waals surface area (Å²) in [6.07, 6.45) is 2.56. The average Bonchev–Trinajstić information content (AvgIpc) is 2.47. The van der Waals surface area contributed by atoms with Gasteiger partial charge in [-0.15, -0.1) is 0 Å². The molecule has 0 aromatic carbocycles. The maximum atomic E-state index is 11.7. The molecule has 2 aliphatic rings. The van der Waals surface area contributed by atoms with Crippen molar-refractivity contribution < 1.29 is 28.7 Å². The Morgan fingerprint density at radius 1 is 1.26 bits per heavy atom. The van der Waals surface area contributed by atoms with Crippen LogP contribution in [-0.4, -0.2) is 23.9 Å². The SMILES string of the molecule is CC(=O)OC(=O)CC1CCCC2CC1C(=O)OC2=O. The predicted octanol–water partition coefficient (Wildman–Crippen LogP) is 0.972. The van der Waals surface area contributed by atoms with Crippen molar-refractivity contribution >= 4 is 23.9 Å². The van der Waals surface area contributed by atoms with E-state index in [1.807, 2.05) is 0 Å². The lowest BCUT2D eigenvalue weighted by Gasteiger charge is -2.27. The highest BCUT2D eigenvalue weighted by Gasteiger charge is 2.43. The van der Waals surface area contributed by atoms with Crippen molar-refractivity contribution in [2.75, 3.05) is 0 Å². The lowest BCUT2D eigenvalue weighted by molar-refractivity contribution is -0.173. The monoisotopic (exact) mass is 268 g/mol. The summed E-state index contributed by atoms with van der Waals surface area (Å²) in [7, 11) is 0. The molecule has 3 unspecified atom stereocenters. The summed E-state index contributed by atoms with van der Waals surface area (Å²) in [6, 6.07) is 0. The quantitative estimate of drug-likeness (QED) is 0.548. The molecule has 0 amide bonds. The van der Waals surface area contributed by atoms with E-state index in [0.717, 1.165) is 13.3 Å². The Balaban J connectivity index is 2.04. The molecule has 2 fully saturated rings. The van der Waals surface area contributed by atoms with Crippen LogP contribution in [-0.2, 0) is 28.7 Å².